The highest BCUT2D eigenvalue weighted by Crippen LogP contribution is 2.22. The van der Waals surface area contributed by atoms with Gasteiger partial charge in [0.2, 0.25) is 5.91 Å². The summed E-state index contributed by atoms with van der Waals surface area (Å²) in [5.41, 5.74) is 0.489. The van der Waals surface area contributed by atoms with Gasteiger partial charge in [0.15, 0.2) is 0 Å². The second-order valence-electron chi connectivity index (χ2n) is 5.27. The van der Waals surface area contributed by atoms with E-state index >= 15 is 0 Å². The lowest BCUT2D eigenvalue weighted by atomic mass is 10.2. The Morgan fingerprint density at radius 1 is 1.27 bits per heavy atom. The standard InChI is InChI=1S/C15H22N4O3/c1-2-17-9-11-18(12-10-17)15(20)7-8-16-13-5-3-4-6-14(13)19(21)22/h3-6,16H,2,7-12H2,1H3. The monoisotopic (exact) mass is 306 g/mol. The van der Waals surface area contributed by atoms with E-state index in [4.69, 9.17) is 0 Å². The summed E-state index contributed by atoms with van der Waals surface area (Å²) in [7, 11) is 0. The number of carbonyl (C=O) groups excluding carboxylic acids is 1. The minimum absolute atomic E-state index is 0.0338. The van der Waals surface area contributed by atoms with Crippen LogP contribution in [0, 0.1) is 10.1 Å². The van der Waals surface area contributed by atoms with Crippen LogP contribution in [0.15, 0.2) is 24.3 Å². The zero-order chi connectivity index (χ0) is 15.9. The lowest BCUT2D eigenvalue weighted by molar-refractivity contribution is -0.384. The van der Waals surface area contributed by atoms with Crippen molar-refractivity contribution in [3.63, 3.8) is 0 Å². The number of carbonyl (C=O) groups is 1. The van der Waals surface area contributed by atoms with E-state index in [2.05, 4.69) is 17.1 Å². The van der Waals surface area contributed by atoms with E-state index in [9.17, 15) is 14.9 Å². The average Bonchev–Trinajstić information content (AvgIpc) is 2.55. The number of nitro groups is 1. The van der Waals surface area contributed by atoms with Crippen LogP contribution in [0.1, 0.15) is 13.3 Å². The smallest absolute Gasteiger partial charge is 0.292 e. The fraction of sp³-hybridized carbons (Fsp3) is 0.533. The number of rotatable bonds is 6. The van der Waals surface area contributed by atoms with E-state index in [0.717, 1.165) is 32.7 Å². The Balaban J connectivity index is 1.79. The molecule has 1 amide bonds. The molecule has 0 unspecified atom stereocenters. The van der Waals surface area contributed by atoms with Crippen molar-refractivity contribution >= 4 is 17.3 Å². The molecule has 1 aliphatic rings. The number of para-hydroxylation sites is 2. The normalized spacial score (nSPS) is 15.6. The van der Waals surface area contributed by atoms with E-state index in [-0.39, 0.29) is 11.6 Å². The number of nitrogens with one attached hydrogen (secondary N) is 1. The van der Waals surface area contributed by atoms with Gasteiger partial charge in [-0.15, -0.1) is 0 Å². The van der Waals surface area contributed by atoms with Crippen LogP contribution >= 0.6 is 0 Å². The van der Waals surface area contributed by atoms with Crippen molar-refractivity contribution < 1.29 is 9.72 Å². The van der Waals surface area contributed by atoms with Gasteiger partial charge >= 0.3 is 0 Å². The Labute approximate surface area is 130 Å². The molecule has 2 rings (SSSR count). The molecule has 1 heterocycles. The lowest BCUT2D eigenvalue weighted by Crippen LogP contribution is -2.48. The third-order valence-corrected chi connectivity index (χ3v) is 3.93. The summed E-state index contributed by atoms with van der Waals surface area (Å²) in [6.07, 6.45) is 0.345. The molecule has 0 saturated carbocycles. The molecular formula is C15H22N4O3. The van der Waals surface area contributed by atoms with Crippen molar-refractivity contribution in [1.82, 2.24) is 9.80 Å². The summed E-state index contributed by atoms with van der Waals surface area (Å²) in [4.78, 5) is 26.8. The molecular weight excluding hydrogens is 284 g/mol. The van der Waals surface area contributed by atoms with Crippen molar-refractivity contribution in [1.29, 1.82) is 0 Å². The number of likely N-dealkylation sites (N-methyl/N-ethyl adjacent to an activating group) is 1. The number of hydrogen-bond acceptors (Lipinski definition) is 5. The molecule has 1 saturated heterocycles. The lowest BCUT2D eigenvalue weighted by Gasteiger charge is -2.34. The zero-order valence-corrected chi connectivity index (χ0v) is 12.8. The van der Waals surface area contributed by atoms with Gasteiger partial charge in [-0.2, -0.15) is 0 Å². The Morgan fingerprint density at radius 3 is 2.59 bits per heavy atom. The molecule has 120 valence electrons. The van der Waals surface area contributed by atoms with Gasteiger partial charge in [0.25, 0.3) is 5.69 Å². The first-order valence-corrected chi connectivity index (χ1v) is 7.59. The molecule has 0 radical (unpaired) electrons. The van der Waals surface area contributed by atoms with Crippen molar-refractivity contribution in [3.8, 4) is 0 Å². The predicted molar refractivity (Wildman–Crippen MR) is 84.9 cm³/mol. The summed E-state index contributed by atoms with van der Waals surface area (Å²) in [5.74, 6) is 0.0989. The third kappa shape index (κ3) is 4.17. The van der Waals surface area contributed by atoms with Crippen LogP contribution in [0.3, 0.4) is 0 Å². The summed E-state index contributed by atoms with van der Waals surface area (Å²) < 4.78 is 0. The molecule has 1 aliphatic heterocycles. The molecule has 0 bridgehead atoms. The van der Waals surface area contributed by atoms with Crippen LogP contribution in [-0.4, -0.2) is 59.9 Å². The van der Waals surface area contributed by atoms with Crippen LogP contribution in [0.5, 0.6) is 0 Å². The summed E-state index contributed by atoms with van der Waals surface area (Å²) in [5, 5.41) is 13.9. The molecule has 7 nitrogen and oxygen atoms in total. The number of hydrogen-bond donors (Lipinski definition) is 1. The summed E-state index contributed by atoms with van der Waals surface area (Å²) in [6.45, 7) is 6.89. The molecule has 7 heteroatoms. The number of benzene rings is 1. The van der Waals surface area contributed by atoms with E-state index in [0.29, 0.717) is 18.7 Å². The van der Waals surface area contributed by atoms with Gasteiger partial charge in [-0.25, -0.2) is 0 Å². The highest BCUT2D eigenvalue weighted by atomic mass is 16.6. The van der Waals surface area contributed by atoms with Crippen LogP contribution < -0.4 is 5.32 Å². The maximum absolute atomic E-state index is 12.1. The first-order chi connectivity index (χ1) is 10.6. The highest BCUT2D eigenvalue weighted by molar-refractivity contribution is 5.77. The van der Waals surface area contributed by atoms with Crippen molar-refractivity contribution in [2.75, 3.05) is 44.6 Å². The third-order valence-electron chi connectivity index (χ3n) is 3.93. The zero-order valence-electron chi connectivity index (χ0n) is 12.8. The molecule has 1 fully saturated rings. The van der Waals surface area contributed by atoms with Crippen molar-refractivity contribution in [3.05, 3.63) is 34.4 Å². The molecule has 0 aliphatic carbocycles. The van der Waals surface area contributed by atoms with Crippen molar-refractivity contribution in [2.45, 2.75) is 13.3 Å². The van der Waals surface area contributed by atoms with Gasteiger partial charge in [-0.05, 0) is 12.6 Å². The van der Waals surface area contributed by atoms with Crippen LogP contribution in [0.25, 0.3) is 0 Å². The topological polar surface area (TPSA) is 78.7 Å². The molecule has 1 aromatic rings. The van der Waals surface area contributed by atoms with Crippen LogP contribution in [0.4, 0.5) is 11.4 Å². The van der Waals surface area contributed by atoms with E-state index in [1.54, 1.807) is 18.2 Å². The summed E-state index contributed by atoms with van der Waals surface area (Å²) in [6, 6.07) is 6.47. The maximum Gasteiger partial charge on any atom is 0.292 e. The molecule has 1 N–H and O–H groups in total. The van der Waals surface area contributed by atoms with Crippen molar-refractivity contribution in [2.24, 2.45) is 0 Å². The van der Waals surface area contributed by atoms with E-state index in [1.165, 1.54) is 6.07 Å². The fourth-order valence-corrected chi connectivity index (χ4v) is 2.56. The average molecular weight is 306 g/mol. The summed E-state index contributed by atoms with van der Waals surface area (Å²) >= 11 is 0. The number of anilines is 1. The molecule has 1 aromatic carbocycles. The number of piperazine rings is 1. The maximum atomic E-state index is 12.1. The first-order valence-electron chi connectivity index (χ1n) is 7.59. The largest absolute Gasteiger partial charge is 0.379 e. The van der Waals surface area contributed by atoms with Gasteiger partial charge in [0.1, 0.15) is 5.69 Å². The van der Waals surface area contributed by atoms with Gasteiger partial charge in [-0.1, -0.05) is 19.1 Å². The van der Waals surface area contributed by atoms with Crippen LogP contribution in [0.2, 0.25) is 0 Å². The minimum atomic E-state index is -0.422. The minimum Gasteiger partial charge on any atom is -0.379 e. The Kier molecular flexibility index (Phi) is 5.71. The van der Waals surface area contributed by atoms with Gasteiger partial charge in [-0.3, -0.25) is 14.9 Å². The van der Waals surface area contributed by atoms with E-state index in [1.807, 2.05) is 4.90 Å². The molecule has 22 heavy (non-hydrogen) atoms. The highest BCUT2D eigenvalue weighted by Gasteiger charge is 2.20. The van der Waals surface area contributed by atoms with Crippen LogP contribution in [-0.2, 0) is 4.79 Å². The second kappa shape index (κ2) is 7.74. The molecule has 0 atom stereocenters. The van der Waals surface area contributed by atoms with Gasteiger partial charge in [0.05, 0.1) is 4.92 Å². The number of nitrogens with zero attached hydrogens (tertiary/aromatic N) is 3. The molecule has 0 spiro atoms. The number of amides is 1. The quantitative estimate of drug-likeness (QED) is 0.637. The fourth-order valence-electron chi connectivity index (χ4n) is 2.56. The first kappa shape index (κ1) is 16.2. The van der Waals surface area contributed by atoms with Gasteiger partial charge < -0.3 is 15.1 Å². The Hall–Kier alpha value is -2.15. The number of nitro benzene ring substituents is 1. The SMILES string of the molecule is CCN1CCN(C(=O)CCNc2ccccc2[N+](=O)[O-])CC1. The second-order valence-corrected chi connectivity index (χ2v) is 5.27. The Morgan fingerprint density at radius 2 is 1.95 bits per heavy atom. The predicted octanol–water partition coefficient (Wildman–Crippen LogP) is 1.56. The van der Waals surface area contributed by atoms with E-state index < -0.39 is 4.92 Å². The van der Waals surface area contributed by atoms with Gasteiger partial charge in [0, 0.05) is 45.2 Å². The molecule has 0 aromatic heterocycles. The Bertz CT molecular complexity index is 527.